The summed E-state index contributed by atoms with van der Waals surface area (Å²) in [4.78, 5) is 0. The highest BCUT2D eigenvalue weighted by Crippen LogP contribution is 2.32. The van der Waals surface area contributed by atoms with Gasteiger partial charge < -0.3 is 9.47 Å². The summed E-state index contributed by atoms with van der Waals surface area (Å²) in [6, 6.07) is 6.08. The van der Waals surface area contributed by atoms with Crippen LogP contribution in [0.2, 0.25) is 0 Å². The van der Waals surface area contributed by atoms with E-state index in [0.29, 0.717) is 6.61 Å². The minimum atomic E-state index is -0.541. The quantitative estimate of drug-likeness (QED) is 0.748. The molecule has 1 heterocycles. The fraction of sp³-hybridized carbons (Fsp3) is 0.333. The molecular weight excluding hydrogens is 336 g/mol. The van der Waals surface area contributed by atoms with Crippen molar-refractivity contribution in [1.29, 1.82) is 0 Å². The summed E-state index contributed by atoms with van der Waals surface area (Å²) in [6.45, 7) is 4.43. The Labute approximate surface area is 112 Å². The van der Waals surface area contributed by atoms with Crippen molar-refractivity contribution in [2.45, 2.75) is 26.2 Å². The summed E-state index contributed by atoms with van der Waals surface area (Å²) in [7, 11) is 0. The van der Waals surface area contributed by atoms with Crippen LogP contribution < -0.4 is 4.74 Å². The van der Waals surface area contributed by atoms with Crippen LogP contribution in [0, 0.1) is 0 Å². The van der Waals surface area contributed by atoms with Gasteiger partial charge in [-0.25, -0.2) is 0 Å². The molecule has 0 aliphatic carbocycles. The van der Waals surface area contributed by atoms with Crippen molar-refractivity contribution >= 4 is 37.9 Å². The molecule has 16 heavy (non-hydrogen) atoms. The maximum absolute atomic E-state index is 5.76. The highest BCUT2D eigenvalue weighted by Gasteiger charge is 2.27. The molecule has 1 aliphatic rings. The van der Waals surface area contributed by atoms with Gasteiger partial charge in [0.05, 0.1) is 10.00 Å². The van der Waals surface area contributed by atoms with E-state index in [1.54, 1.807) is 0 Å². The van der Waals surface area contributed by atoms with Crippen molar-refractivity contribution in [3.8, 4) is 5.75 Å². The zero-order valence-electron chi connectivity index (χ0n) is 9.09. The topological polar surface area (TPSA) is 18.5 Å². The van der Waals surface area contributed by atoms with Crippen molar-refractivity contribution in [3.05, 3.63) is 32.7 Å². The Morgan fingerprint density at radius 1 is 1.38 bits per heavy atom. The maximum Gasteiger partial charge on any atom is 0.205 e. The minimum absolute atomic E-state index is 0.541. The van der Waals surface area contributed by atoms with Crippen LogP contribution in [0.3, 0.4) is 0 Å². The molecule has 86 valence electrons. The third-order valence-electron chi connectivity index (χ3n) is 2.30. The van der Waals surface area contributed by atoms with Crippen LogP contribution in [-0.4, -0.2) is 5.79 Å². The van der Waals surface area contributed by atoms with Crippen molar-refractivity contribution in [2.75, 3.05) is 0 Å². The normalized spacial score (nSPS) is 17.2. The van der Waals surface area contributed by atoms with Gasteiger partial charge in [0.25, 0.3) is 0 Å². The van der Waals surface area contributed by atoms with Gasteiger partial charge in [0.1, 0.15) is 5.75 Å². The van der Waals surface area contributed by atoms with Crippen LogP contribution in [0.4, 0.5) is 0 Å². The second-order valence-corrected chi connectivity index (χ2v) is 6.86. The molecule has 0 saturated carbocycles. The van der Waals surface area contributed by atoms with E-state index in [0.717, 1.165) is 20.3 Å². The van der Waals surface area contributed by atoms with Gasteiger partial charge >= 0.3 is 0 Å². The Balaban J connectivity index is 2.35. The molecule has 0 saturated heterocycles. The Bertz CT molecular complexity index is 435. The third-order valence-corrected chi connectivity index (χ3v) is 2.76. The lowest BCUT2D eigenvalue weighted by Crippen LogP contribution is -2.35. The smallest absolute Gasteiger partial charge is 0.205 e. The van der Waals surface area contributed by atoms with Crippen LogP contribution in [-0.2, 0) is 11.3 Å². The highest BCUT2D eigenvalue weighted by atomic mass is 79.9. The first-order valence-corrected chi connectivity index (χ1v) is 6.53. The number of rotatable bonds is 1. The number of halogens is 2. The average molecular weight is 348 g/mol. The minimum Gasteiger partial charge on any atom is -0.463 e. The molecule has 0 spiro atoms. The van der Waals surface area contributed by atoms with Gasteiger partial charge in [0, 0.05) is 19.4 Å². The van der Waals surface area contributed by atoms with E-state index in [1.165, 1.54) is 0 Å². The van der Waals surface area contributed by atoms with E-state index in [2.05, 4.69) is 31.9 Å². The molecule has 0 amide bonds. The molecule has 0 aromatic heterocycles. The lowest BCUT2D eigenvalue weighted by Gasteiger charge is -2.32. The van der Waals surface area contributed by atoms with Gasteiger partial charge in [-0.1, -0.05) is 12.1 Å². The standard InChI is InChI=1S/C12H12Br2O2/c1-12(2)15-7-9-4-3-8(6-11(13)14)5-10(9)16-12/h3-6H,7H2,1-2H3. The molecule has 1 aromatic carbocycles. The molecule has 0 atom stereocenters. The molecule has 1 aromatic rings. The summed E-state index contributed by atoms with van der Waals surface area (Å²) in [5, 5.41) is 0. The van der Waals surface area contributed by atoms with Gasteiger partial charge in [-0.2, -0.15) is 0 Å². The molecule has 0 bridgehead atoms. The van der Waals surface area contributed by atoms with E-state index >= 15 is 0 Å². The van der Waals surface area contributed by atoms with Crippen LogP contribution >= 0.6 is 31.9 Å². The maximum atomic E-state index is 5.76. The summed E-state index contributed by atoms with van der Waals surface area (Å²) < 4.78 is 12.2. The fourth-order valence-corrected chi connectivity index (χ4v) is 2.08. The van der Waals surface area contributed by atoms with Crippen LogP contribution in [0.25, 0.3) is 6.08 Å². The van der Waals surface area contributed by atoms with Crippen LogP contribution in [0.1, 0.15) is 25.0 Å². The summed E-state index contributed by atoms with van der Waals surface area (Å²) in [6.07, 6.45) is 1.98. The second kappa shape index (κ2) is 4.51. The Kier molecular flexibility index (Phi) is 3.42. The van der Waals surface area contributed by atoms with E-state index in [9.17, 15) is 0 Å². The summed E-state index contributed by atoms with van der Waals surface area (Å²) in [5.41, 5.74) is 2.17. The lowest BCUT2D eigenvalue weighted by atomic mass is 10.1. The van der Waals surface area contributed by atoms with Gasteiger partial charge in [-0.15, -0.1) is 0 Å². The van der Waals surface area contributed by atoms with Gasteiger partial charge in [-0.05, 0) is 49.6 Å². The van der Waals surface area contributed by atoms with Gasteiger partial charge in [0.15, 0.2) is 0 Å². The zero-order chi connectivity index (χ0) is 11.8. The van der Waals surface area contributed by atoms with Crippen molar-refractivity contribution < 1.29 is 9.47 Å². The number of hydrogen-bond donors (Lipinski definition) is 0. The molecule has 0 unspecified atom stereocenters. The molecule has 1 aliphatic heterocycles. The predicted octanol–water partition coefficient (Wildman–Crippen LogP) is 4.42. The molecule has 0 fully saturated rings. The zero-order valence-corrected chi connectivity index (χ0v) is 12.3. The molecule has 4 heteroatoms. The Hall–Kier alpha value is -0.320. The predicted molar refractivity (Wildman–Crippen MR) is 71.8 cm³/mol. The monoisotopic (exact) mass is 346 g/mol. The molecule has 2 nitrogen and oxygen atoms in total. The Morgan fingerprint density at radius 2 is 2.12 bits per heavy atom. The first-order chi connectivity index (χ1) is 7.46. The van der Waals surface area contributed by atoms with E-state index in [-0.39, 0.29) is 0 Å². The van der Waals surface area contributed by atoms with Crippen LogP contribution in [0.15, 0.2) is 21.6 Å². The molecular formula is C12H12Br2O2. The molecule has 0 radical (unpaired) electrons. The lowest BCUT2D eigenvalue weighted by molar-refractivity contribution is -0.180. The van der Waals surface area contributed by atoms with Crippen molar-refractivity contribution in [1.82, 2.24) is 0 Å². The van der Waals surface area contributed by atoms with E-state index in [1.807, 2.05) is 38.1 Å². The average Bonchev–Trinajstić information content (AvgIpc) is 2.14. The molecule has 2 rings (SSSR count). The number of fused-ring (bicyclic) bond motifs is 1. The van der Waals surface area contributed by atoms with Gasteiger partial charge in [0.2, 0.25) is 5.79 Å². The van der Waals surface area contributed by atoms with Gasteiger partial charge in [-0.3, -0.25) is 0 Å². The van der Waals surface area contributed by atoms with E-state index < -0.39 is 5.79 Å². The Morgan fingerprint density at radius 3 is 2.81 bits per heavy atom. The van der Waals surface area contributed by atoms with Crippen LogP contribution in [0.5, 0.6) is 5.75 Å². The largest absolute Gasteiger partial charge is 0.463 e. The van der Waals surface area contributed by atoms with Crippen molar-refractivity contribution in [2.24, 2.45) is 0 Å². The summed E-state index contributed by atoms with van der Waals surface area (Å²) in [5.74, 6) is 0.354. The number of hydrogen-bond acceptors (Lipinski definition) is 2. The number of benzene rings is 1. The second-order valence-electron chi connectivity index (χ2n) is 4.09. The van der Waals surface area contributed by atoms with Crippen molar-refractivity contribution in [3.63, 3.8) is 0 Å². The summed E-state index contributed by atoms with van der Waals surface area (Å²) >= 11 is 6.68. The number of ether oxygens (including phenoxy) is 2. The third kappa shape index (κ3) is 2.87. The first-order valence-electron chi connectivity index (χ1n) is 4.95. The highest BCUT2D eigenvalue weighted by molar-refractivity contribution is 9.28. The first kappa shape index (κ1) is 12.1. The SMILES string of the molecule is CC1(C)OCc2ccc(C=C(Br)Br)cc2O1. The van der Waals surface area contributed by atoms with E-state index in [4.69, 9.17) is 9.47 Å². The molecule has 0 N–H and O–H groups in total. The fourth-order valence-electron chi connectivity index (χ4n) is 1.55.